The van der Waals surface area contributed by atoms with Gasteiger partial charge in [0.25, 0.3) is 0 Å². The second-order valence-electron chi connectivity index (χ2n) is 4.77. The molecule has 1 N–H and O–H groups in total. The highest BCUT2D eigenvalue weighted by Gasteiger charge is 2.31. The van der Waals surface area contributed by atoms with Crippen molar-refractivity contribution in [2.45, 2.75) is 45.6 Å². The highest BCUT2D eigenvalue weighted by molar-refractivity contribution is 5.30. The van der Waals surface area contributed by atoms with E-state index < -0.39 is 12.5 Å². The van der Waals surface area contributed by atoms with E-state index in [4.69, 9.17) is 0 Å². The maximum Gasteiger partial charge on any atom is 0.573 e. The number of ether oxygens (including phenoxy) is 1. The zero-order valence-corrected chi connectivity index (χ0v) is 11.1. The maximum atomic E-state index is 12.1. The smallest absolute Gasteiger partial charge is 0.406 e. The summed E-state index contributed by atoms with van der Waals surface area (Å²) in [5, 5.41) is 10.0. The lowest BCUT2D eigenvalue weighted by Crippen LogP contribution is -2.17. The van der Waals surface area contributed by atoms with Crippen LogP contribution in [0.25, 0.3) is 0 Å². The van der Waals surface area contributed by atoms with E-state index >= 15 is 0 Å². The summed E-state index contributed by atoms with van der Waals surface area (Å²) in [7, 11) is 0. The van der Waals surface area contributed by atoms with Crippen molar-refractivity contribution < 1.29 is 23.0 Å². The van der Waals surface area contributed by atoms with Gasteiger partial charge in [-0.2, -0.15) is 0 Å². The number of aliphatic hydroxyl groups excluding tert-OH is 1. The average molecular weight is 276 g/mol. The topological polar surface area (TPSA) is 29.5 Å². The summed E-state index contributed by atoms with van der Waals surface area (Å²) in [6.45, 7) is 4.07. The zero-order chi connectivity index (χ0) is 14.5. The van der Waals surface area contributed by atoms with Gasteiger partial charge < -0.3 is 9.84 Å². The van der Waals surface area contributed by atoms with Gasteiger partial charge in [-0.25, -0.2) is 0 Å². The maximum absolute atomic E-state index is 12.1. The quantitative estimate of drug-likeness (QED) is 0.832. The first-order valence-corrected chi connectivity index (χ1v) is 6.35. The van der Waals surface area contributed by atoms with Crippen molar-refractivity contribution in [1.82, 2.24) is 0 Å². The first-order valence-electron chi connectivity index (χ1n) is 6.35. The molecule has 0 spiro atoms. The highest BCUT2D eigenvalue weighted by Crippen LogP contribution is 2.28. The lowest BCUT2D eigenvalue weighted by Gasteiger charge is -2.17. The molecule has 0 bridgehead atoms. The van der Waals surface area contributed by atoms with E-state index in [-0.39, 0.29) is 5.75 Å². The zero-order valence-electron chi connectivity index (χ0n) is 11.1. The average Bonchev–Trinajstić information content (AvgIpc) is 2.27. The summed E-state index contributed by atoms with van der Waals surface area (Å²) in [5.41, 5.74) is 0.449. The molecule has 0 aliphatic heterocycles. The fraction of sp³-hybridized carbons (Fsp3) is 0.571. The van der Waals surface area contributed by atoms with Crippen LogP contribution in [-0.2, 0) is 0 Å². The number of hydrogen-bond donors (Lipinski definition) is 1. The molecule has 0 aliphatic rings. The van der Waals surface area contributed by atoms with Gasteiger partial charge in [-0.15, -0.1) is 13.2 Å². The summed E-state index contributed by atoms with van der Waals surface area (Å²) in [6.07, 6.45) is -2.94. The molecule has 0 aromatic heterocycles. The fourth-order valence-corrected chi connectivity index (χ4v) is 2.05. The van der Waals surface area contributed by atoms with Crippen LogP contribution in [0, 0.1) is 5.92 Å². The van der Waals surface area contributed by atoms with Crippen LogP contribution < -0.4 is 4.74 Å². The molecule has 0 saturated carbocycles. The van der Waals surface area contributed by atoms with Gasteiger partial charge in [0.2, 0.25) is 0 Å². The van der Waals surface area contributed by atoms with Gasteiger partial charge in [-0.1, -0.05) is 38.8 Å². The summed E-state index contributed by atoms with van der Waals surface area (Å²) >= 11 is 0. The Balaban J connectivity index is 2.70. The number of benzene rings is 1. The molecule has 0 radical (unpaired) electrons. The minimum absolute atomic E-state index is 0.299. The van der Waals surface area contributed by atoms with Gasteiger partial charge >= 0.3 is 6.36 Å². The Morgan fingerprint density at radius 2 is 2.00 bits per heavy atom. The Morgan fingerprint density at radius 1 is 1.32 bits per heavy atom. The van der Waals surface area contributed by atoms with Crippen LogP contribution in [0.3, 0.4) is 0 Å². The van der Waals surface area contributed by atoms with Gasteiger partial charge in [-0.05, 0) is 30.0 Å². The van der Waals surface area contributed by atoms with Crippen molar-refractivity contribution in [3.05, 3.63) is 29.8 Å². The van der Waals surface area contributed by atoms with Gasteiger partial charge in [-0.3, -0.25) is 0 Å². The Hall–Kier alpha value is -1.23. The molecule has 19 heavy (non-hydrogen) atoms. The number of alkyl halides is 3. The molecule has 2 atom stereocenters. The Labute approximate surface area is 111 Å². The normalized spacial score (nSPS) is 15.1. The third-order valence-corrected chi connectivity index (χ3v) is 2.88. The molecule has 108 valence electrons. The largest absolute Gasteiger partial charge is 0.573 e. The lowest BCUT2D eigenvalue weighted by molar-refractivity contribution is -0.274. The molecule has 0 heterocycles. The van der Waals surface area contributed by atoms with Crippen LogP contribution in [0.4, 0.5) is 13.2 Å². The molecular formula is C14H19F3O2. The molecule has 5 heteroatoms. The van der Waals surface area contributed by atoms with Crippen molar-refractivity contribution in [3.8, 4) is 5.75 Å². The molecule has 0 saturated heterocycles. The van der Waals surface area contributed by atoms with Crippen LogP contribution in [0.1, 0.15) is 44.8 Å². The molecule has 0 fully saturated rings. The van der Waals surface area contributed by atoms with Crippen molar-refractivity contribution >= 4 is 0 Å². The molecule has 0 aliphatic carbocycles. The van der Waals surface area contributed by atoms with Crippen molar-refractivity contribution in [2.75, 3.05) is 0 Å². The van der Waals surface area contributed by atoms with E-state index in [2.05, 4.69) is 11.7 Å². The molecule has 2 unspecified atom stereocenters. The monoisotopic (exact) mass is 276 g/mol. The number of halogens is 3. The summed E-state index contributed by atoms with van der Waals surface area (Å²) < 4.78 is 40.1. The van der Waals surface area contributed by atoms with Crippen molar-refractivity contribution in [3.63, 3.8) is 0 Å². The van der Waals surface area contributed by atoms with Crippen LogP contribution in [0.5, 0.6) is 5.75 Å². The minimum atomic E-state index is -4.71. The van der Waals surface area contributed by atoms with Gasteiger partial charge in [0.05, 0.1) is 6.10 Å². The molecular weight excluding hydrogens is 257 g/mol. The Morgan fingerprint density at radius 3 is 2.58 bits per heavy atom. The third-order valence-electron chi connectivity index (χ3n) is 2.88. The minimum Gasteiger partial charge on any atom is -0.406 e. The van der Waals surface area contributed by atoms with Gasteiger partial charge in [0, 0.05) is 0 Å². The summed E-state index contributed by atoms with van der Waals surface area (Å²) in [5.74, 6) is 0.0272. The van der Waals surface area contributed by atoms with Gasteiger partial charge in [0.15, 0.2) is 0 Å². The summed E-state index contributed by atoms with van der Waals surface area (Å²) in [4.78, 5) is 0. The second-order valence-corrected chi connectivity index (χ2v) is 4.77. The number of aliphatic hydroxyl groups is 1. The first-order chi connectivity index (χ1) is 8.81. The predicted octanol–water partition coefficient (Wildman–Crippen LogP) is 4.44. The standard InChI is InChI=1S/C14H19F3O2/c1-3-5-10(2)8-13(18)11-6-4-7-12(9-11)19-14(15,16)17/h4,6-7,9-10,13,18H,3,5,8H2,1-2H3. The van der Waals surface area contributed by atoms with Crippen molar-refractivity contribution in [2.24, 2.45) is 5.92 Å². The van der Waals surface area contributed by atoms with E-state index in [9.17, 15) is 18.3 Å². The van der Waals surface area contributed by atoms with E-state index in [0.717, 1.165) is 12.8 Å². The van der Waals surface area contributed by atoms with E-state index in [1.165, 1.54) is 18.2 Å². The SMILES string of the molecule is CCCC(C)CC(O)c1cccc(OC(F)(F)F)c1. The Kier molecular flexibility index (Phi) is 5.66. The van der Waals surface area contributed by atoms with Crippen LogP contribution in [0.2, 0.25) is 0 Å². The highest BCUT2D eigenvalue weighted by atomic mass is 19.4. The molecule has 1 rings (SSSR count). The van der Waals surface area contributed by atoms with Crippen molar-refractivity contribution in [1.29, 1.82) is 0 Å². The number of hydrogen-bond acceptors (Lipinski definition) is 2. The van der Waals surface area contributed by atoms with Crippen LogP contribution in [-0.4, -0.2) is 11.5 Å². The van der Waals surface area contributed by atoms with E-state index in [1.54, 1.807) is 6.07 Å². The molecule has 2 nitrogen and oxygen atoms in total. The first kappa shape index (κ1) is 15.8. The lowest BCUT2D eigenvalue weighted by atomic mass is 9.95. The summed E-state index contributed by atoms with van der Waals surface area (Å²) in [6, 6.07) is 5.51. The molecule has 1 aromatic carbocycles. The van der Waals surface area contributed by atoms with Gasteiger partial charge in [0.1, 0.15) is 5.75 Å². The van der Waals surface area contributed by atoms with E-state index in [1.807, 2.05) is 6.92 Å². The predicted molar refractivity (Wildman–Crippen MR) is 66.8 cm³/mol. The van der Waals surface area contributed by atoms with Crippen LogP contribution >= 0.6 is 0 Å². The Bertz CT molecular complexity index is 391. The third kappa shape index (κ3) is 5.96. The molecule has 0 amide bonds. The second kappa shape index (κ2) is 6.80. The van der Waals surface area contributed by atoms with Crippen LogP contribution in [0.15, 0.2) is 24.3 Å². The van der Waals surface area contributed by atoms with E-state index in [0.29, 0.717) is 17.9 Å². The fourth-order valence-electron chi connectivity index (χ4n) is 2.05. The molecule has 1 aromatic rings. The number of rotatable bonds is 6.